The molecule has 0 radical (unpaired) electrons. The maximum Gasteiger partial charge on any atom is 0.0615 e. The normalized spacial score (nSPS) is 19.3. The number of ether oxygens (including phenoxy) is 1. The quantitative estimate of drug-likeness (QED) is 0.617. The zero-order valence-corrected chi connectivity index (χ0v) is 9.30. The average Bonchev–Trinajstić information content (AvgIpc) is 2.11. The largest absolute Gasteiger partial charge is 0.383 e. The summed E-state index contributed by atoms with van der Waals surface area (Å²) in [5.41, 5.74) is 5.50. The Morgan fingerprint density at radius 3 is 2.79 bits per heavy atom. The Kier molecular flexibility index (Phi) is 6.15. The van der Waals surface area contributed by atoms with Crippen molar-refractivity contribution in [1.82, 2.24) is 5.32 Å². The monoisotopic (exact) mass is 200 g/mol. The van der Waals surface area contributed by atoms with Gasteiger partial charge in [-0.3, -0.25) is 0 Å². The number of methoxy groups -OCH3 is 1. The van der Waals surface area contributed by atoms with Crippen molar-refractivity contribution in [3.63, 3.8) is 0 Å². The van der Waals surface area contributed by atoms with E-state index in [4.69, 9.17) is 10.5 Å². The molecule has 1 unspecified atom stereocenters. The van der Waals surface area contributed by atoms with Crippen LogP contribution < -0.4 is 11.1 Å². The average molecular weight is 200 g/mol. The summed E-state index contributed by atoms with van der Waals surface area (Å²) in [6, 6.07) is 0.504. The van der Waals surface area contributed by atoms with Gasteiger partial charge in [0, 0.05) is 13.2 Å². The Hall–Kier alpha value is -0.120. The van der Waals surface area contributed by atoms with E-state index in [0.29, 0.717) is 6.04 Å². The second-order valence-electron chi connectivity index (χ2n) is 4.29. The van der Waals surface area contributed by atoms with E-state index in [2.05, 4.69) is 5.32 Å². The highest BCUT2D eigenvalue weighted by Crippen LogP contribution is 2.25. The zero-order valence-electron chi connectivity index (χ0n) is 9.30. The number of nitrogens with one attached hydrogen (secondary N) is 1. The van der Waals surface area contributed by atoms with Crippen molar-refractivity contribution in [1.29, 1.82) is 0 Å². The Balaban J connectivity index is 2.06. The predicted molar refractivity (Wildman–Crippen MR) is 59.3 cm³/mol. The second-order valence-corrected chi connectivity index (χ2v) is 4.29. The minimum absolute atomic E-state index is 0.504. The van der Waals surface area contributed by atoms with Gasteiger partial charge < -0.3 is 15.8 Å². The van der Waals surface area contributed by atoms with Crippen LogP contribution in [0.5, 0.6) is 0 Å². The molecule has 0 aromatic carbocycles. The molecule has 3 heteroatoms. The fourth-order valence-electron chi connectivity index (χ4n) is 1.84. The van der Waals surface area contributed by atoms with Crippen LogP contribution in [0.1, 0.15) is 32.1 Å². The fourth-order valence-corrected chi connectivity index (χ4v) is 1.84. The number of hydrogen-bond acceptors (Lipinski definition) is 3. The molecule has 0 amide bonds. The minimum atomic E-state index is 0.504. The standard InChI is InChI=1S/C11H24N2O/c1-14-9-11(6-3-7-12)13-8-10-4-2-5-10/h10-11,13H,2-9,12H2,1H3. The van der Waals surface area contributed by atoms with Gasteiger partial charge in [0.2, 0.25) is 0 Å². The molecule has 3 N–H and O–H groups in total. The molecule has 1 atom stereocenters. The molecule has 84 valence electrons. The Morgan fingerprint density at radius 1 is 1.50 bits per heavy atom. The maximum atomic E-state index is 5.50. The molecule has 0 spiro atoms. The van der Waals surface area contributed by atoms with Crippen LogP contribution in [0.2, 0.25) is 0 Å². The first kappa shape index (κ1) is 12.0. The van der Waals surface area contributed by atoms with Gasteiger partial charge in [0.25, 0.3) is 0 Å². The molecular formula is C11H24N2O. The van der Waals surface area contributed by atoms with Gasteiger partial charge in [-0.15, -0.1) is 0 Å². The van der Waals surface area contributed by atoms with Crippen LogP contribution in [0.3, 0.4) is 0 Å². The first-order chi connectivity index (χ1) is 6.86. The third-order valence-corrected chi connectivity index (χ3v) is 3.04. The van der Waals surface area contributed by atoms with Crippen molar-refractivity contribution in [2.45, 2.75) is 38.1 Å². The molecule has 14 heavy (non-hydrogen) atoms. The van der Waals surface area contributed by atoms with E-state index in [0.717, 1.165) is 31.9 Å². The summed E-state index contributed by atoms with van der Waals surface area (Å²) in [6.45, 7) is 2.76. The molecule has 1 rings (SSSR count). The topological polar surface area (TPSA) is 47.3 Å². The molecule has 0 heterocycles. The molecule has 3 nitrogen and oxygen atoms in total. The van der Waals surface area contributed by atoms with Gasteiger partial charge in [0.05, 0.1) is 6.61 Å². The molecule has 0 saturated heterocycles. The lowest BCUT2D eigenvalue weighted by Gasteiger charge is -2.28. The molecule has 0 aromatic heterocycles. The lowest BCUT2D eigenvalue weighted by atomic mass is 9.85. The summed E-state index contributed by atoms with van der Waals surface area (Å²) < 4.78 is 5.18. The van der Waals surface area contributed by atoms with Crippen LogP contribution in [0.15, 0.2) is 0 Å². The molecule has 0 aromatic rings. The lowest BCUT2D eigenvalue weighted by molar-refractivity contribution is 0.154. The fraction of sp³-hybridized carbons (Fsp3) is 1.00. The van der Waals surface area contributed by atoms with Crippen LogP contribution in [-0.2, 0) is 4.74 Å². The Bertz CT molecular complexity index is 137. The molecule has 1 fully saturated rings. The highest BCUT2D eigenvalue weighted by Gasteiger charge is 2.18. The Morgan fingerprint density at radius 2 is 2.29 bits per heavy atom. The first-order valence-corrected chi connectivity index (χ1v) is 5.79. The SMILES string of the molecule is COCC(CCCN)NCC1CCC1. The highest BCUT2D eigenvalue weighted by atomic mass is 16.5. The van der Waals surface area contributed by atoms with Gasteiger partial charge >= 0.3 is 0 Å². The summed E-state index contributed by atoms with van der Waals surface area (Å²) in [6.07, 6.45) is 6.46. The third kappa shape index (κ3) is 4.40. The van der Waals surface area contributed by atoms with Gasteiger partial charge in [-0.25, -0.2) is 0 Å². The van der Waals surface area contributed by atoms with Gasteiger partial charge in [-0.05, 0) is 44.7 Å². The molecule has 0 bridgehead atoms. The van der Waals surface area contributed by atoms with E-state index in [-0.39, 0.29) is 0 Å². The summed E-state index contributed by atoms with van der Waals surface area (Å²) in [7, 11) is 1.76. The van der Waals surface area contributed by atoms with Crippen LogP contribution in [-0.4, -0.2) is 32.8 Å². The molecule has 1 saturated carbocycles. The van der Waals surface area contributed by atoms with Crippen molar-refractivity contribution < 1.29 is 4.74 Å². The van der Waals surface area contributed by atoms with E-state index in [1.807, 2.05) is 0 Å². The summed E-state index contributed by atoms with van der Waals surface area (Å²) in [4.78, 5) is 0. The molecule has 1 aliphatic carbocycles. The Labute approximate surface area is 87.4 Å². The van der Waals surface area contributed by atoms with Gasteiger partial charge in [-0.1, -0.05) is 6.42 Å². The highest BCUT2D eigenvalue weighted by molar-refractivity contribution is 4.75. The second kappa shape index (κ2) is 7.21. The van der Waals surface area contributed by atoms with Crippen molar-refractivity contribution in [2.24, 2.45) is 11.7 Å². The molecule has 1 aliphatic rings. The van der Waals surface area contributed by atoms with Crippen molar-refractivity contribution in [2.75, 3.05) is 26.8 Å². The maximum absolute atomic E-state index is 5.50. The number of hydrogen-bond donors (Lipinski definition) is 2. The van der Waals surface area contributed by atoms with E-state index in [9.17, 15) is 0 Å². The van der Waals surface area contributed by atoms with Crippen LogP contribution in [0, 0.1) is 5.92 Å². The molecular weight excluding hydrogens is 176 g/mol. The minimum Gasteiger partial charge on any atom is -0.383 e. The number of rotatable bonds is 8. The zero-order chi connectivity index (χ0) is 10.2. The summed E-state index contributed by atoms with van der Waals surface area (Å²) in [5, 5.41) is 3.58. The van der Waals surface area contributed by atoms with Gasteiger partial charge in [0.1, 0.15) is 0 Å². The number of nitrogens with two attached hydrogens (primary N) is 1. The van der Waals surface area contributed by atoms with E-state index >= 15 is 0 Å². The van der Waals surface area contributed by atoms with E-state index in [1.54, 1.807) is 7.11 Å². The van der Waals surface area contributed by atoms with Crippen LogP contribution in [0.4, 0.5) is 0 Å². The van der Waals surface area contributed by atoms with Crippen LogP contribution >= 0.6 is 0 Å². The summed E-state index contributed by atoms with van der Waals surface area (Å²) >= 11 is 0. The van der Waals surface area contributed by atoms with Crippen molar-refractivity contribution in [3.05, 3.63) is 0 Å². The van der Waals surface area contributed by atoms with Crippen molar-refractivity contribution in [3.8, 4) is 0 Å². The van der Waals surface area contributed by atoms with Crippen LogP contribution in [0.25, 0.3) is 0 Å². The van der Waals surface area contributed by atoms with E-state index < -0.39 is 0 Å². The van der Waals surface area contributed by atoms with Crippen molar-refractivity contribution >= 4 is 0 Å². The smallest absolute Gasteiger partial charge is 0.0615 e. The third-order valence-electron chi connectivity index (χ3n) is 3.04. The summed E-state index contributed by atoms with van der Waals surface area (Å²) in [5.74, 6) is 0.923. The van der Waals surface area contributed by atoms with E-state index in [1.165, 1.54) is 25.8 Å². The van der Waals surface area contributed by atoms with Gasteiger partial charge in [-0.2, -0.15) is 0 Å². The lowest BCUT2D eigenvalue weighted by Crippen LogP contribution is -2.38. The first-order valence-electron chi connectivity index (χ1n) is 5.79. The predicted octanol–water partition coefficient (Wildman–Crippen LogP) is 1.13. The van der Waals surface area contributed by atoms with Gasteiger partial charge in [0.15, 0.2) is 0 Å². The molecule has 0 aliphatic heterocycles.